The molecule has 0 bridgehead atoms. The molecule has 3 N–H and O–H groups in total. The van der Waals surface area contributed by atoms with Gasteiger partial charge in [0.1, 0.15) is 5.82 Å². The van der Waals surface area contributed by atoms with Crippen LogP contribution in [0.2, 0.25) is 0 Å². The van der Waals surface area contributed by atoms with Crippen molar-refractivity contribution >= 4 is 23.4 Å². The van der Waals surface area contributed by atoms with Crippen molar-refractivity contribution < 1.29 is 9.59 Å². The van der Waals surface area contributed by atoms with E-state index < -0.39 is 11.2 Å². The van der Waals surface area contributed by atoms with Crippen LogP contribution in [0, 0.1) is 11.8 Å². The van der Waals surface area contributed by atoms with Gasteiger partial charge in [0, 0.05) is 45.2 Å². The molecule has 0 atom stereocenters. The molecule has 0 radical (unpaired) electrons. The normalized spacial score (nSPS) is 16.9. The number of nitrogens with two attached hydrogens (primary N) is 1. The zero-order valence-corrected chi connectivity index (χ0v) is 20.8. The molecule has 3 rings (SSSR count). The van der Waals surface area contributed by atoms with E-state index in [4.69, 9.17) is 5.73 Å². The van der Waals surface area contributed by atoms with Crippen molar-refractivity contribution in [1.82, 2.24) is 19.4 Å². The minimum Gasteiger partial charge on any atom is -0.383 e. The highest BCUT2D eigenvalue weighted by atomic mass is 16.2. The summed E-state index contributed by atoms with van der Waals surface area (Å²) in [7, 11) is 0. The standard InChI is InChI=1S/C24H40N6O4/c1-4-5-13-30-20(25)19(21(31)26-23(30)33)29(16-8-17(2)3)22(32)18-9-14-28(15-10-18)24(34)27-11-6-7-12-27/h17-18H,4-16,25H2,1-3H3,(H,26,31,33). The zero-order valence-electron chi connectivity index (χ0n) is 20.8. The Bertz CT molecular complexity index is 971. The molecule has 0 saturated carbocycles. The number of aromatic nitrogens is 2. The molecule has 3 heterocycles. The number of hydrogen-bond donors (Lipinski definition) is 2. The first-order valence-electron chi connectivity index (χ1n) is 12.7. The second-order valence-corrected chi connectivity index (χ2v) is 9.91. The van der Waals surface area contributed by atoms with E-state index in [9.17, 15) is 19.2 Å². The predicted molar refractivity (Wildman–Crippen MR) is 133 cm³/mol. The number of hydrogen-bond acceptors (Lipinski definition) is 5. The van der Waals surface area contributed by atoms with Gasteiger partial charge in [0.25, 0.3) is 5.56 Å². The van der Waals surface area contributed by atoms with Crippen LogP contribution in [0.3, 0.4) is 0 Å². The number of piperidine rings is 1. The predicted octanol–water partition coefficient (Wildman–Crippen LogP) is 2.23. The van der Waals surface area contributed by atoms with Gasteiger partial charge >= 0.3 is 11.7 Å². The Morgan fingerprint density at radius 3 is 2.29 bits per heavy atom. The summed E-state index contributed by atoms with van der Waals surface area (Å²) in [4.78, 5) is 59.2. The van der Waals surface area contributed by atoms with Crippen LogP contribution in [0.5, 0.6) is 0 Å². The summed E-state index contributed by atoms with van der Waals surface area (Å²) in [6.45, 7) is 9.50. The fourth-order valence-electron chi connectivity index (χ4n) is 4.74. The highest BCUT2D eigenvalue weighted by molar-refractivity contribution is 5.97. The van der Waals surface area contributed by atoms with E-state index in [-0.39, 0.29) is 29.4 Å². The first-order chi connectivity index (χ1) is 16.2. The van der Waals surface area contributed by atoms with Crippen molar-refractivity contribution in [2.75, 3.05) is 43.4 Å². The Morgan fingerprint density at radius 2 is 1.71 bits per heavy atom. The number of likely N-dealkylation sites (tertiary alicyclic amines) is 2. The molecule has 10 nitrogen and oxygen atoms in total. The Balaban J connectivity index is 1.81. The number of amides is 3. The summed E-state index contributed by atoms with van der Waals surface area (Å²) >= 11 is 0. The van der Waals surface area contributed by atoms with E-state index in [2.05, 4.69) is 18.8 Å². The molecule has 0 unspecified atom stereocenters. The third-order valence-corrected chi connectivity index (χ3v) is 6.91. The largest absolute Gasteiger partial charge is 0.383 e. The van der Waals surface area contributed by atoms with Gasteiger partial charge < -0.3 is 20.4 Å². The van der Waals surface area contributed by atoms with Crippen molar-refractivity contribution in [3.63, 3.8) is 0 Å². The first kappa shape index (κ1) is 25.8. The van der Waals surface area contributed by atoms with Crippen LogP contribution in [0.1, 0.15) is 65.7 Å². The SMILES string of the molecule is CCCCn1c(N)c(N(CCC(C)C)C(=O)C2CCN(C(=O)N3CCCC3)CC2)c(=O)[nH]c1=O. The van der Waals surface area contributed by atoms with E-state index >= 15 is 0 Å². The zero-order chi connectivity index (χ0) is 24.8. The summed E-state index contributed by atoms with van der Waals surface area (Å²) in [5.41, 5.74) is 5.21. The van der Waals surface area contributed by atoms with Gasteiger partial charge in [-0.25, -0.2) is 9.59 Å². The summed E-state index contributed by atoms with van der Waals surface area (Å²) in [6.07, 6.45) is 5.48. The van der Waals surface area contributed by atoms with Crippen LogP contribution in [-0.2, 0) is 11.3 Å². The third kappa shape index (κ3) is 5.82. The minimum atomic E-state index is -0.631. The number of carbonyl (C=O) groups is 2. The molecule has 34 heavy (non-hydrogen) atoms. The monoisotopic (exact) mass is 476 g/mol. The van der Waals surface area contributed by atoms with Gasteiger partial charge in [-0.2, -0.15) is 0 Å². The number of rotatable bonds is 8. The lowest BCUT2D eigenvalue weighted by atomic mass is 9.94. The van der Waals surface area contributed by atoms with E-state index in [1.165, 1.54) is 9.47 Å². The van der Waals surface area contributed by atoms with Crippen LogP contribution >= 0.6 is 0 Å². The highest BCUT2D eigenvalue weighted by Crippen LogP contribution is 2.26. The lowest BCUT2D eigenvalue weighted by Crippen LogP contribution is -2.49. The summed E-state index contributed by atoms with van der Waals surface area (Å²) in [6, 6.07) is 0.0590. The van der Waals surface area contributed by atoms with Gasteiger partial charge in [-0.15, -0.1) is 0 Å². The molecule has 2 fully saturated rings. The van der Waals surface area contributed by atoms with E-state index in [0.717, 1.165) is 38.8 Å². The van der Waals surface area contributed by atoms with Crippen molar-refractivity contribution in [2.24, 2.45) is 11.8 Å². The maximum absolute atomic E-state index is 13.7. The van der Waals surface area contributed by atoms with Gasteiger partial charge in [0.2, 0.25) is 5.91 Å². The summed E-state index contributed by atoms with van der Waals surface area (Å²) in [5.74, 6) is -0.0982. The molecular weight excluding hydrogens is 436 g/mol. The van der Waals surface area contributed by atoms with Gasteiger partial charge in [-0.1, -0.05) is 27.2 Å². The number of anilines is 2. The van der Waals surface area contributed by atoms with Crippen LogP contribution in [0.15, 0.2) is 9.59 Å². The molecule has 3 amide bonds. The quantitative estimate of drug-likeness (QED) is 0.595. The molecule has 1 aromatic heterocycles. The van der Waals surface area contributed by atoms with Crippen molar-refractivity contribution in [3.05, 3.63) is 20.8 Å². The smallest absolute Gasteiger partial charge is 0.330 e. The molecule has 2 aliphatic heterocycles. The average molecular weight is 477 g/mol. The van der Waals surface area contributed by atoms with Crippen LogP contribution in [0.25, 0.3) is 0 Å². The molecule has 10 heteroatoms. The summed E-state index contributed by atoms with van der Waals surface area (Å²) < 4.78 is 1.35. The van der Waals surface area contributed by atoms with Crippen LogP contribution < -0.4 is 21.9 Å². The number of nitrogens with zero attached hydrogens (tertiary/aromatic N) is 4. The number of unbranched alkanes of at least 4 members (excludes halogenated alkanes) is 1. The molecule has 0 aliphatic carbocycles. The second-order valence-electron chi connectivity index (χ2n) is 9.91. The fraction of sp³-hybridized carbons (Fsp3) is 0.750. The fourth-order valence-corrected chi connectivity index (χ4v) is 4.74. The Morgan fingerprint density at radius 1 is 1.09 bits per heavy atom. The Kier molecular flexibility index (Phi) is 8.79. The molecular formula is C24H40N6O4. The van der Waals surface area contributed by atoms with Crippen LogP contribution in [0.4, 0.5) is 16.3 Å². The maximum atomic E-state index is 13.7. The summed E-state index contributed by atoms with van der Waals surface area (Å²) in [5, 5.41) is 0. The van der Waals surface area contributed by atoms with E-state index in [1.807, 2.05) is 16.7 Å². The van der Waals surface area contributed by atoms with Crippen molar-refractivity contribution in [3.8, 4) is 0 Å². The number of H-pyrrole nitrogens is 1. The maximum Gasteiger partial charge on any atom is 0.330 e. The van der Waals surface area contributed by atoms with E-state index in [0.29, 0.717) is 51.4 Å². The molecule has 0 aromatic carbocycles. The highest BCUT2D eigenvalue weighted by Gasteiger charge is 2.34. The number of carbonyl (C=O) groups excluding carboxylic acids is 2. The molecule has 0 spiro atoms. The molecule has 2 saturated heterocycles. The van der Waals surface area contributed by atoms with Crippen molar-refractivity contribution in [2.45, 2.75) is 72.3 Å². The van der Waals surface area contributed by atoms with Gasteiger partial charge in [-0.3, -0.25) is 19.1 Å². The number of urea groups is 1. The minimum absolute atomic E-state index is 0.0425. The Labute approximate surface area is 201 Å². The van der Waals surface area contributed by atoms with Gasteiger partial charge in [-0.05, 0) is 44.4 Å². The Hall–Kier alpha value is -2.78. The second kappa shape index (κ2) is 11.6. The molecule has 2 aliphatic rings. The molecule has 1 aromatic rings. The number of nitrogen functional groups attached to an aromatic ring is 1. The lowest BCUT2D eigenvalue weighted by Gasteiger charge is -2.36. The van der Waals surface area contributed by atoms with Crippen molar-refractivity contribution in [1.29, 1.82) is 0 Å². The van der Waals surface area contributed by atoms with Gasteiger partial charge in [0.15, 0.2) is 5.69 Å². The number of nitrogens with one attached hydrogen (secondary N) is 1. The first-order valence-corrected chi connectivity index (χ1v) is 12.7. The average Bonchev–Trinajstić information content (AvgIpc) is 3.35. The van der Waals surface area contributed by atoms with Crippen LogP contribution in [-0.4, -0.2) is 64.0 Å². The number of aromatic amines is 1. The van der Waals surface area contributed by atoms with E-state index in [1.54, 1.807) is 0 Å². The topological polar surface area (TPSA) is 125 Å². The van der Waals surface area contributed by atoms with Gasteiger partial charge in [0.05, 0.1) is 0 Å². The third-order valence-electron chi connectivity index (χ3n) is 6.91. The lowest BCUT2D eigenvalue weighted by molar-refractivity contribution is -0.123. The molecule has 190 valence electrons.